The fourth-order valence-electron chi connectivity index (χ4n) is 3.05. The molecule has 1 aliphatic rings. The second-order valence-corrected chi connectivity index (χ2v) is 6.71. The van der Waals surface area contributed by atoms with Crippen molar-refractivity contribution in [1.82, 2.24) is 15.0 Å². The molecule has 2 aromatic rings. The van der Waals surface area contributed by atoms with Gasteiger partial charge in [-0.1, -0.05) is 13.0 Å². The molecule has 0 bridgehead atoms. The molecule has 26 heavy (non-hydrogen) atoms. The van der Waals surface area contributed by atoms with E-state index in [9.17, 15) is 9.50 Å². The quantitative estimate of drug-likeness (QED) is 0.703. The Balaban J connectivity index is 1.81. The van der Waals surface area contributed by atoms with E-state index in [4.69, 9.17) is 0 Å². The Kier molecular flexibility index (Phi) is 6.33. The number of pyridine rings is 1. The largest absolute Gasteiger partial charge is 0.393 e. The lowest BCUT2D eigenvalue weighted by atomic mass is 9.93. The number of rotatable bonds is 7. The van der Waals surface area contributed by atoms with Crippen LogP contribution in [-0.4, -0.2) is 44.9 Å². The van der Waals surface area contributed by atoms with Crippen molar-refractivity contribution in [3.8, 4) is 11.3 Å². The number of anilines is 2. The molecule has 2 aromatic heterocycles. The maximum Gasteiger partial charge on any atom is 0.224 e. The number of aliphatic hydroxyl groups excluding tert-OH is 1. The molecule has 7 heteroatoms. The molecule has 1 aliphatic carbocycles. The zero-order chi connectivity index (χ0) is 18.4. The number of nitrogens with zero attached hydrogens (tertiary/aromatic N) is 3. The van der Waals surface area contributed by atoms with E-state index in [1.54, 1.807) is 12.4 Å². The molecule has 0 spiro atoms. The van der Waals surface area contributed by atoms with E-state index >= 15 is 0 Å². The van der Waals surface area contributed by atoms with Crippen molar-refractivity contribution >= 4 is 11.8 Å². The monoisotopic (exact) mass is 359 g/mol. The van der Waals surface area contributed by atoms with Gasteiger partial charge in [-0.05, 0) is 44.2 Å². The van der Waals surface area contributed by atoms with Gasteiger partial charge in [0.25, 0.3) is 0 Å². The minimum Gasteiger partial charge on any atom is -0.393 e. The van der Waals surface area contributed by atoms with Crippen LogP contribution < -0.4 is 10.6 Å². The van der Waals surface area contributed by atoms with Gasteiger partial charge in [0.1, 0.15) is 12.0 Å². The van der Waals surface area contributed by atoms with Gasteiger partial charge in [-0.3, -0.25) is 4.98 Å². The van der Waals surface area contributed by atoms with Gasteiger partial charge in [-0.25, -0.2) is 9.37 Å². The van der Waals surface area contributed by atoms with Crippen LogP contribution in [0.4, 0.5) is 16.2 Å². The number of aromatic nitrogens is 3. The highest BCUT2D eigenvalue weighted by atomic mass is 19.1. The van der Waals surface area contributed by atoms with Gasteiger partial charge in [0.2, 0.25) is 5.95 Å². The number of halogens is 1. The fraction of sp³-hybridized carbons (Fsp3) is 0.526. The van der Waals surface area contributed by atoms with E-state index in [-0.39, 0.29) is 18.7 Å². The summed E-state index contributed by atoms with van der Waals surface area (Å²) in [6.45, 7) is 2.00. The molecule has 0 aliphatic heterocycles. The van der Waals surface area contributed by atoms with Crippen molar-refractivity contribution in [3.63, 3.8) is 0 Å². The first kappa shape index (κ1) is 18.5. The van der Waals surface area contributed by atoms with Gasteiger partial charge < -0.3 is 15.7 Å². The first-order chi connectivity index (χ1) is 12.7. The summed E-state index contributed by atoms with van der Waals surface area (Å²) in [5.74, 6) is 1.09. The van der Waals surface area contributed by atoms with Gasteiger partial charge >= 0.3 is 0 Å². The predicted octanol–water partition coefficient (Wildman–Crippen LogP) is 3.41. The summed E-state index contributed by atoms with van der Waals surface area (Å²) in [6, 6.07) is 5.94. The number of nitrogens with one attached hydrogen (secondary N) is 2. The summed E-state index contributed by atoms with van der Waals surface area (Å²) in [5.41, 5.74) is 1.60. The molecule has 3 N–H and O–H groups in total. The minimum absolute atomic E-state index is 0.189. The van der Waals surface area contributed by atoms with E-state index in [0.717, 1.165) is 36.9 Å². The number of hydrogen-bond acceptors (Lipinski definition) is 6. The highest BCUT2D eigenvalue weighted by Gasteiger charge is 2.21. The topological polar surface area (TPSA) is 83.0 Å². The number of hydrogen-bond donors (Lipinski definition) is 3. The van der Waals surface area contributed by atoms with Crippen molar-refractivity contribution in [3.05, 3.63) is 30.6 Å². The summed E-state index contributed by atoms with van der Waals surface area (Å²) in [7, 11) is 0. The average Bonchev–Trinajstić information content (AvgIpc) is 2.68. The van der Waals surface area contributed by atoms with Crippen LogP contribution in [0.3, 0.4) is 0 Å². The molecule has 0 radical (unpaired) electrons. The molecular weight excluding hydrogens is 333 g/mol. The Labute approximate surface area is 153 Å². The molecule has 0 aromatic carbocycles. The Morgan fingerprint density at radius 1 is 1.23 bits per heavy atom. The third-order valence-corrected chi connectivity index (χ3v) is 4.69. The summed E-state index contributed by atoms with van der Waals surface area (Å²) < 4.78 is 13.5. The van der Waals surface area contributed by atoms with E-state index in [2.05, 4.69) is 25.6 Å². The molecule has 0 saturated heterocycles. The third kappa shape index (κ3) is 4.88. The van der Waals surface area contributed by atoms with Crippen LogP contribution in [0.15, 0.2) is 30.6 Å². The van der Waals surface area contributed by atoms with Crippen LogP contribution in [-0.2, 0) is 0 Å². The molecule has 0 amide bonds. The first-order valence-corrected chi connectivity index (χ1v) is 9.26. The van der Waals surface area contributed by atoms with Crippen LogP contribution in [0.5, 0.6) is 0 Å². The Morgan fingerprint density at radius 2 is 2.04 bits per heavy atom. The smallest absolute Gasteiger partial charge is 0.224 e. The maximum atomic E-state index is 13.5. The minimum atomic E-state index is -0.926. The summed E-state index contributed by atoms with van der Waals surface area (Å²) in [5, 5.41) is 16.1. The van der Waals surface area contributed by atoms with Gasteiger partial charge in [0.05, 0.1) is 17.4 Å². The average molecular weight is 359 g/mol. The SMILES string of the molecule is CCC(F)CNc1ncc(-c2ccccn2)c(N[C@H]2CC[C@H](O)CC2)n1. The third-order valence-electron chi connectivity index (χ3n) is 4.69. The number of alkyl halides is 1. The van der Waals surface area contributed by atoms with Gasteiger partial charge in [0.15, 0.2) is 0 Å². The van der Waals surface area contributed by atoms with E-state index in [0.29, 0.717) is 18.2 Å². The highest BCUT2D eigenvalue weighted by Crippen LogP contribution is 2.28. The zero-order valence-corrected chi connectivity index (χ0v) is 15.0. The second kappa shape index (κ2) is 8.89. The fourth-order valence-corrected chi connectivity index (χ4v) is 3.05. The molecule has 3 rings (SSSR count). The van der Waals surface area contributed by atoms with Crippen LogP contribution in [0, 0.1) is 0 Å². The molecule has 1 atom stereocenters. The summed E-state index contributed by atoms with van der Waals surface area (Å²) in [6.07, 6.45) is 6.12. The zero-order valence-electron chi connectivity index (χ0n) is 15.0. The highest BCUT2D eigenvalue weighted by molar-refractivity contribution is 5.72. The number of aliphatic hydroxyl groups is 1. The molecule has 6 nitrogen and oxygen atoms in total. The van der Waals surface area contributed by atoms with Crippen LogP contribution in [0.25, 0.3) is 11.3 Å². The van der Waals surface area contributed by atoms with E-state index in [1.807, 2.05) is 25.1 Å². The summed E-state index contributed by atoms with van der Waals surface area (Å²) in [4.78, 5) is 13.3. The van der Waals surface area contributed by atoms with Crippen molar-refractivity contribution in [2.45, 2.75) is 57.3 Å². The molecular formula is C19H26FN5O. The normalized spacial score (nSPS) is 21.2. The predicted molar refractivity (Wildman–Crippen MR) is 101 cm³/mol. The Morgan fingerprint density at radius 3 is 2.73 bits per heavy atom. The lowest BCUT2D eigenvalue weighted by molar-refractivity contribution is 0.126. The van der Waals surface area contributed by atoms with Crippen LogP contribution in [0.2, 0.25) is 0 Å². The van der Waals surface area contributed by atoms with Crippen molar-refractivity contribution < 1.29 is 9.50 Å². The maximum absolute atomic E-state index is 13.5. The van der Waals surface area contributed by atoms with Crippen LogP contribution in [0.1, 0.15) is 39.0 Å². The van der Waals surface area contributed by atoms with Gasteiger partial charge in [-0.2, -0.15) is 4.98 Å². The van der Waals surface area contributed by atoms with Gasteiger partial charge in [-0.15, -0.1) is 0 Å². The van der Waals surface area contributed by atoms with Crippen molar-refractivity contribution in [2.24, 2.45) is 0 Å². The summed E-state index contributed by atoms with van der Waals surface area (Å²) >= 11 is 0. The Hall–Kier alpha value is -2.28. The molecule has 1 unspecified atom stereocenters. The second-order valence-electron chi connectivity index (χ2n) is 6.71. The lowest BCUT2D eigenvalue weighted by Gasteiger charge is -2.27. The van der Waals surface area contributed by atoms with E-state index in [1.165, 1.54) is 0 Å². The van der Waals surface area contributed by atoms with E-state index < -0.39 is 6.17 Å². The van der Waals surface area contributed by atoms with Crippen LogP contribution >= 0.6 is 0 Å². The van der Waals surface area contributed by atoms with Crippen molar-refractivity contribution in [2.75, 3.05) is 17.2 Å². The molecule has 2 heterocycles. The standard InChI is InChI=1S/C19H26FN5O/c1-2-13(20)11-22-19-23-12-16(17-5-3-4-10-21-17)18(25-19)24-14-6-8-15(26)9-7-14/h3-5,10,12-15,26H,2,6-9,11H2,1H3,(H2,22,23,24,25)/t13?,14-,15-. The molecule has 140 valence electrons. The van der Waals surface area contributed by atoms with Gasteiger partial charge in [0, 0.05) is 25.0 Å². The molecule has 1 saturated carbocycles. The van der Waals surface area contributed by atoms with Crippen molar-refractivity contribution in [1.29, 1.82) is 0 Å². The first-order valence-electron chi connectivity index (χ1n) is 9.26. The lowest BCUT2D eigenvalue weighted by Crippen LogP contribution is -2.29. The Bertz CT molecular complexity index is 692. The molecule has 1 fully saturated rings.